The first-order chi connectivity index (χ1) is 9.02. The lowest BCUT2D eigenvalue weighted by Gasteiger charge is -2.07. The van der Waals surface area contributed by atoms with Crippen LogP contribution in [0.25, 0.3) is 11.3 Å². The maximum absolute atomic E-state index is 13.8. The zero-order valence-electron chi connectivity index (χ0n) is 10.1. The number of ether oxygens (including phenoxy) is 1. The van der Waals surface area contributed by atoms with E-state index in [9.17, 15) is 9.18 Å². The van der Waals surface area contributed by atoms with E-state index in [0.29, 0.717) is 5.75 Å². The first-order valence-corrected chi connectivity index (χ1v) is 5.36. The first-order valence-electron chi connectivity index (χ1n) is 5.36. The number of carboxylic acids is 1. The Labute approximate surface area is 108 Å². The number of methoxy groups -OCH3 is 1. The number of carbonyl (C=O) groups is 1. The van der Waals surface area contributed by atoms with Gasteiger partial charge in [-0.15, -0.1) is 0 Å². The molecule has 1 heterocycles. The summed E-state index contributed by atoms with van der Waals surface area (Å²) in [5.41, 5.74) is 5.56. The van der Waals surface area contributed by atoms with Crippen molar-refractivity contribution in [2.45, 2.75) is 0 Å². The number of benzene rings is 1. The van der Waals surface area contributed by atoms with Gasteiger partial charge in [0.1, 0.15) is 11.6 Å². The van der Waals surface area contributed by atoms with Gasteiger partial charge >= 0.3 is 5.97 Å². The Balaban J connectivity index is 2.59. The summed E-state index contributed by atoms with van der Waals surface area (Å²) in [6.45, 7) is 0. The number of aromatic nitrogens is 1. The second-order valence-corrected chi connectivity index (χ2v) is 3.79. The van der Waals surface area contributed by atoms with Crippen LogP contribution < -0.4 is 10.5 Å². The lowest BCUT2D eigenvalue weighted by Crippen LogP contribution is -2.06. The van der Waals surface area contributed by atoms with E-state index in [-0.39, 0.29) is 22.6 Å². The first kappa shape index (κ1) is 12.8. The van der Waals surface area contributed by atoms with Gasteiger partial charge in [-0.2, -0.15) is 0 Å². The maximum Gasteiger partial charge on any atom is 0.356 e. The van der Waals surface area contributed by atoms with Gasteiger partial charge in [0.25, 0.3) is 0 Å². The summed E-state index contributed by atoms with van der Waals surface area (Å²) in [4.78, 5) is 14.8. The molecule has 6 heteroatoms. The highest BCUT2D eigenvalue weighted by Crippen LogP contribution is 2.27. The minimum atomic E-state index is -1.26. The van der Waals surface area contributed by atoms with Gasteiger partial charge in [-0.05, 0) is 30.3 Å². The predicted molar refractivity (Wildman–Crippen MR) is 67.6 cm³/mol. The Kier molecular flexibility index (Phi) is 3.33. The molecule has 0 aliphatic carbocycles. The summed E-state index contributed by atoms with van der Waals surface area (Å²) in [7, 11) is 1.45. The Morgan fingerprint density at radius 2 is 2.11 bits per heavy atom. The number of hydrogen-bond donors (Lipinski definition) is 2. The van der Waals surface area contributed by atoms with Gasteiger partial charge < -0.3 is 15.6 Å². The molecule has 0 spiro atoms. The molecule has 2 rings (SSSR count). The van der Waals surface area contributed by atoms with E-state index in [4.69, 9.17) is 15.6 Å². The molecule has 0 unspecified atom stereocenters. The fourth-order valence-electron chi connectivity index (χ4n) is 1.62. The number of hydrogen-bond acceptors (Lipinski definition) is 4. The number of pyridine rings is 1. The van der Waals surface area contributed by atoms with Crippen molar-refractivity contribution >= 4 is 11.7 Å². The van der Waals surface area contributed by atoms with Gasteiger partial charge in [0, 0.05) is 5.56 Å². The molecule has 2 aromatic rings. The molecular formula is C13H11FN2O3. The number of nitrogens with two attached hydrogens (primary N) is 1. The molecule has 98 valence electrons. The second kappa shape index (κ2) is 4.93. The van der Waals surface area contributed by atoms with Gasteiger partial charge in [0.15, 0.2) is 5.69 Å². The smallest absolute Gasteiger partial charge is 0.356 e. The van der Waals surface area contributed by atoms with E-state index >= 15 is 0 Å². The highest BCUT2D eigenvalue weighted by molar-refractivity contribution is 5.92. The van der Waals surface area contributed by atoms with Crippen molar-refractivity contribution in [3.8, 4) is 17.0 Å². The Bertz CT molecular complexity index is 644. The quantitative estimate of drug-likeness (QED) is 0.885. The average molecular weight is 262 g/mol. The predicted octanol–water partition coefficient (Wildman–Crippen LogP) is 2.18. The zero-order chi connectivity index (χ0) is 14.0. The van der Waals surface area contributed by atoms with E-state index in [2.05, 4.69) is 4.98 Å². The molecule has 0 aliphatic heterocycles. The summed E-state index contributed by atoms with van der Waals surface area (Å²) in [5.74, 6) is -1.33. The number of nitrogens with zero attached hydrogens (tertiary/aromatic N) is 1. The third-order valence-electron chi connectivity index (χ3n) is 2.58. The van der Waals surface area contributed by atoms with Crippen molar-refractivity contribution in [1.82, 2.24) is 4.98 Å². The van der Waals surface area contributed by atoms with Gasteiger partial charge in [-0.25, -0.2) is 14.2 Å². The molecule has 0 saturated carbocycles. The Morgan fingerprint density at radius 3 is 2.74 bits per heavy atom. The molecule has 0 aliphatic rings. The largest absolute Gasteiger partial charge is 0.497 e. The molecule has 5 nitrogen and oxygen atoms in total. The summed E-state index contributed by atoms with van der Waals surface area (Å²) in [6.07, 6.45) is 0. The third-order valence-corrected chi connectivity index (χ3v) is 2.58. The van der Waals surface area contributed by atoms with Crippen molar-refractivity contribution < 1.29 is 19.0 Å². The second-order valence-electron chi connectivity index (χ2n) is 3.79. The van der Waals surface area contributed by atoms with E-state index in [1.807, 2.05) is 0 Å². The lowest BCUT2D eigenvalue weighted by molar-refractivity contribution is 0.0692. The van der Waals surface area contributed by atoms with Gasteiger partial charge in [0.2, 0.25) is 0 Å². The average Bonchev–Trinajstić information content (AvgIpc) is 2.40. The molecule has 0 fully saturated rings. The number of rotatable bonds is 3. The SMILES string of the molecule is COc1ccc(F)c(-c2ccc(N)c(C(=O)O)n2)c1. The van der Waals surface area contributed by atoms with Crippen LogP contribution in [0, 0.1) is 5.82 Å². The molecule has 0 radical (unpaired) electrons. The fraction of sp³-hybridized carbons (Fsp3) is 0.0769. The van der Waals surface area contributed by atoms with Crippen molar-refractivity contribution in [2.24, 2.45) is 0 Å². The van der Waals surface area contributed by atoms with Crippen LogP contribution in [0.4, 0.5) is 10.1 Å². The van der Waals surface area contributed by atoms with Crippen LogP contribution in [-0.4, -0.2) is 23.2 Å². The third kappa shape index (κ3) is 2.47. The van der Waals surface area contributed by atoms with Crippen LogP contribution in [-0.2, 0) is 0 Å². The number of carboxylic acid groups (broad SMARTS) is 1. The Hall–Kier alpha value is -2.63. The minimum Gasteiger partial charge on any atom is -0.497 e. The van der Waals surface area contributed by atoms with E-state index < -0.39 is 11.8 Å². The summed E-state index contributed by atoms with van der Waals surface area (Å²) >= 11 is 0. The monoisotopic (exact) mass is 262 g/mol. The number of anilines is 1. The van der Waals surface area contributed by atoms with Gasteiger partial charge in [-0.1, -0.05) is 0 Å². The van der Waals surface area contributed by atoms with Crippen LogP contribution >= 0.6 is 0 Å². The van der Waals surface area contributed by atoms with Crippen molar-refractivity contribution in [3.05, 3.63) is 41.8 Å². The van der Waals surface area contributed by atoms with Crippen LogP contribution in [0.3, 0.4) is 0 Å². The standard InChI is InChI=1S/C13H11FN2O3/c1-19-7-2-3-9(14)8(6-7)11-5-4-10(15)12(16-11)13(17)18/h2-6H,15H2,1H3,(H,17,18). The summed E-state index contributed by atoms with van der Waals surface area (Å²) in [5, 5.41) is 8.95. The van der Waals surface area contributed by atoms with E-state index in [1.54, 1.807) is 0 Å². The van der Waals surface area contributed by atoms with Gasteiger partial charge in [0.05, 0.1) is 18.5 Å². The highest BCUT2D eigenvalue weighted by Gasteiger charge is 2.14. The summed E-state index contributed by atoms with van der Waals surface area (Å²) < 4.78 is 18.7. The van der Waals surface area contributed by atoms with E-state index in [0.717, 1.165) is 0 Å². The maximum atomic E-state index is 13.8. The van der Waals surface area contributed by atoms with E-state index in [1.165, 1.54) is 37.4 Å². The number of aromatic carboxylic acids is 1. The molecule has 3 N–H and O–H groups in total. The molecule has 0 amide bonds. The normalized spacial score (nSPS) is 10.2. The van der Waals surface area contributed by atoms with Crippen LogP contribution in [0.1, 0.15) is 10.5 Å². The van der Waals surface area contributed by atoms with Crippen LogP contribution in [0.2, 0.25) is 0 Å². The molecule has 0 bridgehead atoms. The topological polar surface area (TPSA) is 85.4 Å². The van der Waals surface area contributed by atoms with Crippen molar-refractivity contribution in [2.75, 3.05) is 12.8 Å². The minimum absolute atomic E-state index is 0.0274. The number of halogens is 1. The summed E-state index contributed by atoms with van der Waals surface area (Å²) in [6, 6.07) is 6.98. The van der Waals surface area contributed by atoms with Crippen molar-refractivity contribution in [1.29, 1.82) is 0 Å². The van der Waals surface area contributed by atoms with Crippen LogP contribution in [0.15, 0.2) is 30.3 Å². The highest BCUT2D eigenvalue weighted by atomic mass is 19.1. The lowest BCUT2D eigenvalue weighted by atomic mass is 10.1. The Morgan fingerprint density at radius 1 is 1.37 bits per heavy atom. The molecule has 19 heavy (non-hydrogen) atoms. The molecule has 1 aromatic heterocycles. The zero-order valence-corrected chi connectivity index (χ0v) is 10.1. The fourth-order valence-corrected chi connectivity index (χ4v) is 1.62. The molecule has 0 saturated heterocycles. The van der Waals surface area contributed by atoms with Crippen molar-refractivity contribution in [3.63, 3.8) is 0 Å². The van der Waals surface area contributed by atoms with Crippen LogP contribution in [0.5, 0.6) is 5.75 Å². The number of nitrogen functional groups attached to an aromatic ring is 1. The molecule has 1 aromatic carbocycles. The molecule has 0 atom stereocenters. The molecular weight excluding hydrogens is 251 g/mol. The van der Waals surface area contributed by atoms with Gasteiger partial charge in [-0.3, -0.25) is 0 Å².